The van der Waals surface area contributed by atoms with E-state index in [1.165, 1.54) is 12.5 Å². The van der Waals surface area contributed by atoms with Crippen molar-refractivity contribution in [1.29, 1.82) is 0 Å². The number of allylic oxidation sites excluding steroid dienone is 1. The minimum Gasteiger partial charge on any atom is -0.309 e. The van der Waals surface area contributed by atoms with E-state index in [9.17, 15) is 0 Å². The van der Waals surface area contributed by atoms with Crippen LogP contribution in [-0.4, -0.2) is 9.31 Å². The van der Waals surface area contributed by atoms with Crippen molar-refractivity contribution < 1.29 is 0 Å². The third-order valence-electron chi connectivity index (χ3n) is 0.694. The summed E-state index contributed by atoms with van der Waals surface area (Å²) in [6.07, 6.45) is 5.25. The van der Waals surface area contributed by atoms with Gasteiger partial charge in [0, 0.05) is 6.20 Å². The van der Waals surface area contributed by atoms with Crippen LogP contribution < -0.4 is 0 Å². The Kier molecular flexibility index (Phi) is 1.33. The molecule has 0 unspecified atom stereocenters. The van der Waals surface area contributed by atoms with Gasteiger partial charge in [-0.1, -0.05) is 6.08 Å². The molecule has 6 heavy (non-hydrogen) atoms. The van der Waals surface area contributed by atoms with Crippen LogP contribution in [0.3, 0.4) is 0 Å². The largest absolute Gasteiger partial charge is 0.309 e. The second-order valence-electron chi connectivity index (χ2n) is 1.21. The van der Waals surface area contributed by atoms with Gasteiger partial charge < -0.3 is 4.63 Å². The highest BCUT2D eigenvalue weighted by Gasteiger charge is 1.80. The summed E-state index contributed by atoms with van der Waals surface area (Å²) in [5, 5.41) is 0. The van der Waals surface area contributed by atoms with Crippen LogP contribution in [0, 0.1) is 0 Å². The molecule has 0 saturated carbocycles. The standard InChI is InChI=1S/C4H6NSi/c1-2-4-6-5-3-1/h1,3H,2,4H2. The Morgan fingerprint density at radius 3 is 2.83 bits per heavy atom. The van der Waals surface area contributed by atoms with Gasteiger partial charge in [-0.15, -0.1) is 0 Å². The van der Waals surface area contributed by atoms with Gasteiger partial charge in [-0.25, -0.2) is 0 Å². The lowest BCUT2D eigenvalue weighted by atomic mass is 10.5. The first-order valence-electron chi connectivity index (χ1n) is 2.08. The molecule has 0 spiro atoms. The van der Waals surface area contributed by atoms with E-state index in [2.05, 4.69) is 10.7 Å². The number of rotatable bonds is 0. The molecule has 0 aromatic carbocycles. The monoisotopic (exact) mass is 96.0 g/mol. The van der Waals surface area contributed by atoms with E-state index in [1.807, 2.05) is 6.20 Å². The summed E-state index contributed by atoms with van der Waals surface area (Å²) in [5.74, 6) is 0. The molecule has 0 N–H and O–H groups in total. The Balaban J connectivity index is 2.46. The van der Waals surface area contributed by atoms with Crippen molar-refractivity contribution in [2.75, 3.05) is 0 Å². The SMILES string of the molecule is C1=CN=[Si]CC1. The number of nitrogens with zero attached hydrogens (tertiary/aromatic N) is 1. The Morgan fingerprint density at radius 1 is 1.67 bits per heavy atom. The predicted octanol–water partition coefficient (Wildman–Crippen LogP) is 1.21. The van der Waals surface area contributed by atoms with Crippen molar-refractivity contribution in [3.8, 4) is 0 Å². The fourth-order valence-corrected chi connectivity index (χ4v) is 1.03. The van der Waals surface area contributed by atoms with Crippen molar-refractivity contribution >= 4 is 9.31 Å². The van der Waals surface area contributed by atoms with E-state index in [4.69, 9.17) is 0 Å². The van der Waals surface area contributed by atoms with Crippen LogP contribution in [0.25, 0.3) is 0 Å². The number of hydrogen-bond acceptors (Lipinski definition) is 1. The van der Waals surface area contributed by atoms with E-state index in [0.29, 0.717) is 0 Å². The van der Waals surface area contributed by atoms with Crippen molar-refractivity contribution in [1.82, 2.24) is 0 Å². The summed E-state index contributed by atoms with van der Waals surface area (Å²) < 4.78 is 4.02. The summed E-state index contributed by atoms with van der Waals surface area (Å²) >= 11 is 0. The van der Waals surface area contributed by atoms with Gasteiger partial charge in [0.05, 0.1) is 0 Å². The molecule has 1 rings (SSSR count). The summed E-state index contributed by atoms with van der Waals surface area (Å²) in [6.45, 7) is 0. The fraction of sp³-hybridized carbons (Fsp3) is 0.500. The average Bonchev–Trinajstić information content (AvgIpc) is 1.72. The highest BCUT2D eigenvalue weighted by Crippen LogP contribution is 1.93. The molecule has 2 heteroatoms. The summed E-state index contributed by atoms with van der Waals surface area (Å²) in [4.78, 5) is 0. The van der Waals surface area contributed by atoms with E-state index in [-0.39, 0.29) is 0 Å². The Morgan fingerprint density at radius 2 is 2.67 bits per heavy atom. The van der Waals surface area contributed by atoms with Crippen LogP contribution >= 0.6 is 0 Å². The van der Waals surface area contributed by atoms with Gasteiger partial charge in [0.1, 0.15) is 0 Å². The first-order chi connectivity index (χ1) is 3.00. The fourth-order valence-electron chi connectivity index (χ4n) is 0.392. The van der Waals surface area contributed by atoms with Crippen LogP contribution in [-0.2, 0) is 0 Å². The molecule has 0 aliphatic carbocycles. The molecule has 0 saturated heterocycles. The zero-order valence-electron chi connectivity index (χ0n) is 3.52. The molecule has 1 nitrogen and oxygen atoms in total. The third kappa shape index (κ3) is 0.862. The molecule has 0 aromatic rings. The first-order valence-corrected chi connectivity index (χ1v) is 3.23. The van der Waals surface area contributed by atoms with Gasteiger partial charge in [-0.05, 0) is 12.5 Å². The van der Waals surface area contributed by atoms with E-state index in [0.717, 1.165) is 9.31 Å². The van der Waals surface area contributed by atoms with Gasteiger partial charge in [-0.2, -0.15) is 0 Å². The second-order valence-corrected chi connectivity index (χ2v) is 2.29. The Bertz CT molecular complexity index is 73.5. The summed E-state index contributed by atoms with van der Waals surface area (Å²) in [5.41, 5.74) is 0. The molecule has 1 aliphatic heterocycles. The molecule has 0 fully saturated rings. The minimum absolute atomic E-state index is 0.840. The molecular formula is C4H6NSi. The minimum atomic E-state index is 0.840. The molecular weight excluding hydrogens is 90.1 g/mol. The van der Waals surface area contributed by atoms with Crippen LogP contribution in [0.15, 0.2) is 16.9 Å². The topological polar surface area (TPSA) is 12.4 Å². The zero-order valence-corrected chi connectivity index (χ0v) is 4.52. The van der Waals surface area contributed by atoms with Crippen LogP contribution in [0.5, 0.6) is 0 Å². The molecule has 31 valence electrons. The maximum atomic E-state index is 4.02. The maximum absolute atomic E-state index is 4.02. The Labute approximate surface area is 39.6 Å². The van der Waals surface area contributed by atoms with Crippen LogP contribution in [0.1, 0.15) is 6.42 Å². The quantitative estimate of drug-likeness (QED) is 0.402. The van der Waals surface area contributed by atoms with Crippen molar-refractivity contribution in [3.63, 3.8) is 0 Å². The van der Waals surface area contributed by atoms with Gasteiger partial charge >= 0.3 is 0 Å². The molecule has 1 aliphatic rings. The van der Waals surface area contributed by atoms with Crippen molar-refractivity contribution in [2.24, 2.45) is 4.63 Å². The lowest BCUT2D eigenvalue weighted by Gasteiger charge is -1.86. The number of hydrogen-bond donors (Lipinski definition) is 0. The van der Waals surface area contributed by atoms with Crippen molar-refractivity contribution in [3.05, 3.63) is 12.3 Å². The highest BCUT2D eigenvalue weighted by molar-refractivity contribution is 6.22. The van der Waals surface area contributed by atoms with Gasteiger partial charge in [0.15, 0.2) is 9.31 Å². The highest BCUT2D eigenvalue weighted by atomic mass is 28.2. The van der Waals surface area contributed by atoms with Gasteiger partial charge in [0.25, 0.3) is 0 Å². The molecule has 0 aromatic heterocycles. The second kappa shape index (κ2) is 2.03. The molecule has 0 bridgehead atoms. The van der Waals surface area contributed by atoms with Crippen molar-refractivity contribution in [2.45, 2.75) is 12.5 Å². The van der Waals surface area contributed by atoms with E-state index >= 15 is 0 Å². The first kappa shape index (κ1) is 3.93. The molecule has 1 heterocycles. The molecule has 1 radical (unpaired) electrons. The zero-order chi connectivity index (χ0) is 4.24. The lowest BCUT2D eigenvalue weighted by molar-refractivity contribution is 1.17. The predicted molar refractivity (Wildman–Crippen MR) is 26.7 cm³/mol. The summed E-state index contributed by atoms with van der Waals surface area (Å²) in [7, 11) is 0.840. The smallest absolute Gasteiger partial charge is 0.157 e. The maximum Gasteiger partial charge on any atom is 0.157 e. The molecule has 0 atom stereocenters. The lowest BCUT2D eigenvalue weighted by Crippen LogP contribution is -1.76. The van der Waals surface area contributed by atoms with Gasteiger partial charge in [0.2, 0.25) is 0 Å². The van der Waals surface area contributed by atoms with E-state index in [1.54, 1.807) is 0 Å². The van der Waals surface area contributed by atoms with Crippen LogP contribution in [0.4, 0.5) is 0 Å². The van der Waals surface area contributed by atoms with E-state index < -0.39 is 0 Å². The van der Waals surface area contributed by atoms with Crippen LogP contribution in [0.2, 0.25) is 6.04 Å². The van der Waals surface area contributed by atoms with Gasteiger partial charge in [-0.3, -0.25) is 0 Å². The summed E-state index contributed by atoms with van der Waals surface area (Å²) in [6, 6.07) is 1.27. The molecule has 0 amide bonds. The third-order valence-corrected chi connectivity index (χ3v) is 1.54. The Hall–Kier alpha value is -0.243. The average molecular weight is 96.2 g/mol. The normalized spacial score (nSPS) is 18.7.